The Morgan fingerprint density at radius 2 is 1.74 bits per heavy atom. The summed E-state index contributed by atoms with van der Waals surface area (Å²) in [5, 5.41) is 0. The third kappa shape index (κ3) is 6.23. The number of sulfonamides is 1. The molecule has 3 rings (SSSR count). The van der Waals surface area contributed by atoms with Crippen LogP contribution in [0.5, 0.6) is 0 Å². The lowest BCUT2D eigenvalue weighted by atomic mass is 9.98. The largest absolute Gasteiger partial charge is 0.469 e. The Morgan fingerprint density at radius 3 is 2.35 bits per heavy atom. The molecule has 1 unspecified atom stereocenters. The third-order valence-electron chi connectivity index (χ3n) is 5.01. The van der Waals surface area contributed by atoms with Crippen LogP contribution in [0, 0.1) is 6.92 Å². The zero-order valence-corrected chi connectivity index (χ0v) is 18.4. The average molecular weight is 439 g/mol. The van der Waals surface area contributed by atoms with Crippen molar-refractivity contribution in [3.8, 4) is 0 Å². The standard InChI is InChI=1S/C24H26N2O4S/c1-18-8-14-22(15-9-18)31(28,29)26-24(21-6-4-16-25-17-21)20-12-10-19(11-13-20)5-3-7-23(27)30-2/h4,6,8-17,24,26H,3,5,7H2,1-2H3. The molecule has 6 nitrogen and oxygen atoms in total. The third-order valence-corrected chi connectivity index (χ3v) is 6.45. The molecule has 2 aromatic carbocycles. The van der Waals surface area contributed by atoms with Crippen molar-refractivity contribution in [2.45, 2.75) is 37.1 Å². The number of hydrogen-bond donors (Lipinski definition) is 1. The molecule has 1 atom stereocenters. The number of nitrogens with one attached hydrogen (secondary N) is 1. The summed E-state index contributed by atoms with van der Waals surface area (Å²) in [6.07, 6.45) is 5.11. The zero-order valence-electron chi connectivity index (χ0n) is 17.6. The number of rotatable bonds is 9. The van der Waals surface area contributed by atoms with E-state index < -0.39 is 16.1 Å². The van der Waals surface area contributed by atoms with E-state index in [9.17, 15) is 13.2 Å². The number of benzene rings is 2. The molecule has 31 heavy (non-hydrogen) atoms. The van der Waals surface area contributed by atoms with E-state index in [0.29, 0.717) is 12.8 Å². The van der Waals surface area contributed by atoms with E-state index in [4.69, 9.17) is 0 Å². The number of ether oxygens (including phenoxy) is 1. The van der Waals surface area contributed by atoms with E-state index in [1.165, 1.54) is 7.11 Å². The highest BCUT2D eigenvalue weighted by Gasteiger charge is 2.23. The minimum atomic E-state index is -3.74. The van der Waals surface area contributed by atoms with E-state index in [-0.39, 0.29) is 10.9 Å². The predicted octanol–water partition coefficient (Wildman–Crippen LogP) is 3.95. The van der Waals surface area contributed by atoms with Crippen LogP contribution in [0.25, 0.3) is 0 Å². The lowest BCUT2D eigenvalue weighted by Gasteiger charge is -2.20. The lowest BCUT2D eigenvalue weighted by Crippen LogP contribution is -2.29. The molecule has 0 aliphatic carbocycles. The number of methoxy groups -OCH3 is 1. The van der Waals surface area contributed by atoms with Gasteiger partial charge in [0.05, 0.1) is 18.0 Å². The van der Waals surface area contributed by atoms with Crippen LogP contribution in [0.4, 0.5) is 0 Å². The van der Waals surface area contributed by atoms with Crippen LogP contribution < -0.4 is 4.72 Å². The van der Waals surface area contributed by atoms with Gasteiger partial charge in [-0.15, -0.1) is 0 Å². The molecule has 162 valence electrons. The van der Waals surface area contributed by atoms with Crippen LogP contribution in [-0.4, -0.2) is 26.5 Å². The minimum absolute atomic E-state index is 0.214. The molecule has 0 spiro atoms. The molecule has 0 aliphatic rings. The van der Waals surface area contributed by atoms with Crippen LogP contribution in [-0.2, 0) is 26.0 Å². The summed E-state index contributed by atoms with van der Waals surface area (Å²) in [6.45, 7) is 1.91. The van der Waals surface area contributed by atoms with Gasteiger partial charge in [-0.3, -0.25) is 9.78 Å². The monoisotopic (exact) mass is 438 g/mol. The molecule has 1 aromatic heterocycles. The van der Waals surface area contributed by atoms with Gasteiger partial charge >= 0.3 is 5.97 Å². The molecular weight excluding hydrogens is 412 g/mol. The number of pyridine rings is 1. The van der Waals surface area contributed by atoms with Crippen molar-refractivity contribution >= 4 is 16.0 Å². The first-order valence-corrected chi connectivity index (χ1v) is 11.5. The fourth-order valence-corrected chi connectivity index (χ4v) is 4.44. The number of nitrogens with zero attached hydrogens (tertiary/aromatic N) is 1. The maximum Gasteiger partial charge on any atom is 0.305 e. The molecule has 7 heteroatoms. The van der Waals surface area contributed by atoms with Crippen molar-refractivity contribution in [3.05, 3.63) is 95.3 Å². The molecule has 0 radical (unpaired) electrons. The van der Waals surface area contributed by atoms with E-state index in [1.807, 2.05) is 37.3 Å². The van der Waals surface area contributed by atoms with Gasteiger partial charge in [0.2, 0.25) is 10.0 Å². The van der Waals surface area contributed by atoms with Gasteiger partial charge in [0.1, 0.15) is 0 Å². The number of carbonyl (C=O) groups excluding carboxylic acids is 1. The molecule has 0 saturated heterocycles. The summed E-state index contributed by atoms with van der Waals surface area (Å²) in [5.74, 6) is -0.223. The number of aryl methyl sites for hydroxylation is 2. The maximum absolute atomic E-state index is 13.0. The van der Waals surface area contributed by atoms with Gasteiger partial charge in [0.25, 0.3) is 0 Å². The highest BCUT2D eigenvalue weighted by molar-refractivity contribution is 7.89. The Morgan fingerprint density at radius 1 is 1.03 bits per heavy atom. The molecule has 3 aromatic rings. The molecule has 0 saturated carbocycles. The van der Waals surface area contributed by atoms with Crippen LogP contribution >= 0.6 is 0 Å². The Hall–Kier alpha value is -3.03. The van der Waals surface area contributed by atoms with Crippen LogP contribution in [0.3, 0.4) is 0 Å². The van der Waals surface area contributed by atoms with Gasteiger partial charge in [0, 0.05) is 18.8 Å². The highest BCUT2D eigenvalue weighted by atomic mass is 32.2. The van der Waals surface area contributed by atoms with E-state index >= 15 is 0 Å². The summed E-state index contributed by atoms with van der Waals surface area (Å²) < 4.78 is 33.5. The second kappa shape index (κ2) is 10.3. The smallest absolute Gasteiger partial charge is 0.305 e. The molecule has 1 N–H and O–H groups in total. The van der Waals surface area contributed by atoms with Gasteiger partial charge in [-0.1, -0.05) is 48.0 Å². The Bertz CT molecular complexity index is 1100. The summed E-state index contributed by atoms with van der Waals surface area (Å²) in [4.78, 5) is 15.6. The zero-order chi connectivity index (χ0) is 22.3. The van der Waals surface area contributed by atoms with Crippen molar-refractivity contribution in [1.82, 2.24) is 9.71 Å². The van der Waals surface area contributed by atoms with Crippen molar-refractivity contribution < 1.29 is 17.9 Å². The maximum atomic E-state index is 13.0. The SMILES string of the molecule is COC(=O)CCCc1ccc(C(NS(=O)(=O)c2ccc(C)cc2)c2cccnc2)cc1. The number of carbonyl (C=O) groups is 1. The van der Waals surface area contributed by atoms with E-state index in [2.05, 4.69) is 14.4 Å². The number of esters is 1. The fraction of sp³-hybridized carbons (Fsp3) is 0.250. The molecular formula is C24H26N2O4S. The summed E-state index contributed by atoms with van der Waals surface area (Å²) >= 11 is 0. The van der Waals surface area contributed by atoms with Crippen molar-refractivity contribution in [1.29, 1.82) is 0 Å². The summed E-state index contributed by atoms with van der Waals surface area (Å²) in [7, 11) is -2.36. The average Bonchev–Trinajstić information content (AvgIpc) is 2.79. The van der Waals surface area contributed by atoms with Gasteiger partial charge in [-0.05, 0) is 54.7 Å². The fourth-order valence-electron chi connectivity index (χ4n) is 3.23. The van der Waals surface area contributed by atoms with Crippen molar-refractivity contribution in [2.24, 2.45) is 0 Å². The first-order valence-electron chi connectivity index (χ1n) is 10.0. The van der Waals surface area contributed by atoms with Gasteiger partial charge in [-0.25, -0.2) is 8.42 Å². The normalized spacial score (nSPS) is 12.3. The quantitative estimate of drug-likeness (QED) is 0.511. The Labute approximate surface area is 183 Å². The first kappa shape index (κ1) is 22.7. The predicted molar refractivity (Wildman–Crippen MR) is 119 cm³/mol. The summed E-state index contributed by atoms with van der Waals surface area (Å²) in [6, 6.07) is 17.5. The number of aromatic nitrogens is 1. The second-order valence-corrected chi connectivity index (χ2v) is 9.04. The molecule has 1 heterocycles. The Kier molecular flexibility index (Phi) is 7.55. The first-order chi connectivity index (χ1) is 14.9. The Balaban J connectivity index is 1.83. The molecule has 0 aliphatic heterocycles. The number of hydrogen-bond acceptors (Lipinski definition) is 5. The van der Waals surface area contributed by atoms with E-state index in [1.54, 1.807) is 42.7 Å². The molecule has 0 bridgehead atoms. The highest BCUT2D eigenvalue weighted by Crippen LogP contribution is 2.25. The van der Waals surface area contributed by atoms with Gasteiger partial charge < -0.3 is 4.74 Å². The van der Waals surface area contributed by atoms with Crippen molar-refractivity contribution in [3.63, 3.8) is 0 Å². The van der Waals surface area contributed by atoms with Crippen molar-refractivity contribution in [2.75, 3.05) is 7.11 Å². The second-order valence-electron chi connectivity index (χ2n) is 7.32. The molecule has 0 fully saturated rings. The minimum Gasteiger partial charge on any atom is -0.469 e. The van der Waals surface area contributed by atoms with Crippen LogP contribution in [0.15, 0.2) is 78.0 Å². The van der Waals surface area contributed by atoms with Crippen LogP contribution in [0.1, 0.15) is 41.1 Å². The van der Waals surface area contributed by atoms with Crippen LogP contribution in [0.2, 0.25) is 0 Å². The van der Waals surface area contributed by atoms with Gasteiger partial charge in [0.15, 0.2) is 0 Å². The molecule has 0 amide bonds. The van der Waals surface area contributed by atoms with Gasteiger partial charge in [-0.2, -0.15) is 4.72 Å². The lowest BCUT2D eigenvalue weighted by molar-refractivity contribution is -0.140. The topological polar surface area (TPSA) is 85.4 Å². The summed E-state index contributed by atoms with van der Waals surface area (Å²) in [5.41, 5.74) is 3.61. The van der Waals surface area contributed by atoms with E-state index in [0.717, 1.165) is 28.7 Å².